The van der Waals surface area contributed by atoms with Gasteiger partial charge in [0.25, 0.3) is 5.69 Å². The molecular weight excluding hydrogens is 400 g/mol. The smallest absolute Gasteiger partial charge is 0.269 e. The minimum atomic E-state index is -0.691. The maximum atomic E-state index is 13.3. The number of rotatable bonds is 11. The maximum Gasteiger partial charge on any atom is 0.269 e. The molecule has 2 unspecified atom stereocenters. The zero-order valence-corrected chi connectivity index (χ0v) is 18.1. The van der Waals surface area contributed by atoms with Crippen molar-refractivity contribution in [1.29, 1.82) is 0 Å². The highest BCUT2D eigenvalue weighted by molar-refractivity contribution is 5.97. The summed E-state index contributed by atoms with van der Waals surface area (Å²) in [7, 11) is 0. The maximum absolute atomic E-state index is 13.3. The minimum Gasteiger partial charge on any atom is -0.330 e. The third kappa shape index (κ3) is 7.27. The van der Waals surface area contributed by atoms with Crippen LogP contribution in [0.2, 0.25) is 0 Å². The zero-order chi connectivity index (χ0) is 22.8. The number of non-ortho nitro benzene ring substituents is 1. The molecule has 1 fully saturated rings. The Balaban J connectivity index is 2.26. The molecular formula is C21H34N6O4. The van der Waals surface area contributed by atoms with Crippen LogP contribution in [0.1, 0.15) is 45.4 Å². The van der Waals surface area contributed by atoms with Crippen LogP contribution in [0.4, 0.5) is 11.4 Å². The molecule has 6 N–H and O–H groups in total. The summed E-state index contributed by atoms with van der Waals surface area (Å²) in [6.45, 7) is 3.63. The number of piperidine rings is 1. The topological polar surface area (TPSA) is 157 Å². The molecule has 0 aliphatic carbocycles. The summed E-state index contributed by atoms with van der Waals surface area (Å²) in [4.78, 5) is 38.3. The first-order chi connectivity index (χ1) is 14.9. The van der Waals surface area contributed by atoms with Gasteiger partial charge in [-0.1, -0.05) is 6.92 Å². The summed E-state index contributed by atoms with van der Waals surface area (Å²) in [5.41, 5.74) is 11.7. The Bertz CT molecular complexity index is 742. The molecule has 31 heavy (non-hydrogen) atoms. The lowest BCUT2D eigenvalue weighted by Crippen LogP contribution is -2.59. The van der Waals surface area contributed by atoms with Gasteiger partial charge in [-0.2, -0.15) is 0 Å². The van der Waals surface area contributed by atoms with E-state index in [0.717, 1.165) is 25.8 Å². The van der Waals surface area contributed by atoms with Crippen molar-refractivity contribution in [1.82, 2.24) is 10.2 Å². The number of hydrogen-bond acceptors (Lipinski definition) is 7. The van der Waals surface area contributed by atoms with E-state index in [1.165, 1.54) is 24.3 Å². The van der Waals surface area contributed by atoms with E-state index in [9.17, 15) is 19.7 Å². The summed E-state index contributed by atoms with van der Waals surface area (Å²) in [6.07, 6.45) is 3.60. The van der Waals surface area contributed by atoms with Gasteiger partial charge in [0.15, 0.2) is 0 Å². The number of unbranched alkanes of at least 4 members (excludes halogenated alkanes) is 1. The van der Waals surface area contributed by atoms with E-state index in [4.69, 9.17) is 11.5 Å². The highest BCUT2D eigenvalue weighted by Gasteiger charge is 2.36. The normalized spacial score (nSPS) is 19.5. The molecule has 2 rings (SSSR count). The van der Waals surface area contributed by atoms with Crippen LogP contribution < -0.4 is 22.1 Å². The number of nitro benzene ring substituents is 1. The molecule has 1 aliphatic heterocycles. The van der Waals surface area contributed by atoms with Crippen molar-refractivity contribution < 1.29 is 14.5 Å². The number of nitrogens with one attached hydrogen (secondary N) is 2. The van der Waals surface area contributed by atoms with Crippen molar-refractivity contribution in [3.05, 3.63) is 34.4 Å². The van der Waals surface area contributed by atoms with E-state index in [-0.39, 0.29) is 36.6 Å². The number of amides is 2. The quantitative estimate of drug-likeness (QED) is 0.234. The van der Waals surface area contributed by atoms with Gasteiger partial charge in [0.1, 0.15) is 6.04 Å². The summed E-state index contributed by atoms with van der Waals surface area (Å²) < 4.78 is 0. The predicted molar refractivity (Wildman–Crippen MR) is 119 cm³/mol. The molecule has 2 amide bonds. The van der Waals surface area contributed by atoms with Gasteiger partial charge < -0.3 is 21.7 Å². The lowest BCUT2D eigenvalue weighted by Gasteiger charge is -2.41. The van der Waals surface area contributed by atoms with Crippen molar-refractivity contribution in [3.63, 3.8) is 0 Å². The van der Waals surface area contributed by atoms with Gasteiger partial charge in [0, 0.05) is 30.8 Å². The van der Waals surface area contributed by atoms with Crippen LogP contribution >= 0.6 is 0 Å². The second-order valence-corrected chi connectivity index (χ2v) is 8.03. The number of nitrogens with zero attached hydrogens (tertiary/aromatic N) is 2. The van der Waals surface area contributed by atoms with E-state index >= 15 is 0 Å². The molecule has 10 nitrogen and oxygen atoms in total. The van der Waals surface area contributed by atoms with E-state index in [0.29, 0.717) is 31.0 Å². The van der Waals surface area contributed by atoms with Crippen LogP contribution in [0, 0.1) is 16.0 Å². The summed E-state index contributed by atoms with van der Waals surface area (Å²) >= 11 is 0. The van der Waals surface area contributed by atoms with E-state index in [1.807, 2.05) is 0 Å². The molecule has 0 radical (unpaired) electrons. The number of nitrogens with two attached hydrogens (primary N) is 2. The molecule has 1 aliphatic rings. The Hall–Kier alpha value is -2.56. The van der Waals surface area contributed by atoms with Crippen LogP contribution in [0.5, 0.6) is 0 Å². The van der Waals surface area contributed by atoms with Crippen LogP contribution in [0.15, 0.2) is 24.3 Å². The van der Waals surface area contributed by atoms with Gasteiger partial charge in [0.2, 0.25) is 11.8 Å². The largest absolute Gasteiger partial charge is 0.330 e. The number of carbonyl (C=O) groups is 2. The minimum absolute atomic E-state index is 0.0577. The van der Waals surface area contributed by atoms with Crippen LogP contribution in [0.3, 0.4) is 0 Å². The Morgan fingerprint density at radius 1 is 1.26 bits per heavy atom. The molecule has 10 heteroatoms. The fourth-order valence-corrected chi connectivity index (χ4v) is 3.88. The fourth-order valence-electron chi connectivity index (χ4n) is 3.88. The van der Waals surface area contributed by atoms with Crippen molar-refractivity contribution in [2.24, 2.45) is 17.4 Å². The fraction of sp³-hybridized carbons (Fsp3) is 0.619. The van der Waals surface area contributed by atoms with Gasteiger partial charge in [-0.15, -0.1) is 0 Å². The van der Waals surface area contributed by atoms with E-state index < -0.39 is 11.0 Å². The monoisotopic (exact) mass is 434 g/mol. The molecule has 172 valence electrons. The first-order valence-electron chi connectivity index (χ1n) is 10.9. The van der Waals surface area contributed by atoms with Gasteiger partial charge in [-0.05, 0) is 63.2 Å². The molecule has 3 atom stereocenters. The highest BCUT2D eigenvalue weighted by atomic mass is 16.6. The number of nitro groups is 1. The number of hydrogen-bond donors (Lipinski definition) is 4. The molecule has 1 saturated heterocycles. The SMILES string of the molecule is CC1CCNC(N(C(=O)CCN)[C@@H](CCCCN)C(=O)Nc2ccc([N+](=O)[O-])cc2)C1. The molecule has 1 heterocycles. The van der Waals surface area contributed by atoms with Crippen molar-refractivity contribution in [3.8, 4) is 0 Å². The summed E-state index contributed by atoms with van der Waals surface area (Å²) in [5.74, 6) is -0.0520. The van der Waals surface area contributed by atoms with Crippen molar-refractivity contribution in [2.75, 3.05) is 25.0 Å². The first kappa shape index (κ1) is 24.7. The predicted octanol–water partition coefficient (Wildman–Crippen LogP) is 1.55. The Kier molecular flexibility index (Phi) is 9.83. The Labute approximate surface area is 182 Å². The number of carbonyl (C=O) groups excluding carboxylic acids is 2. The second kappa shape index (κ2) is 12.3. The zero-order valence-electron chi connectivity index (χ0n) is 18.1. The summed E-state index contributed by atoms with van der Waals surface area (Å²) in [6, 6.07) is 4.95. The standard InChI is InChI=1S/C21H34N6O4/c1-15-10-13-24-19(14-15)26(20(28)9-12-23)18(4-2-3-11-22)21(29)25-16-5-7-17(8-6-16)27(30)31/h5-8,15,18-19,24H,2-4,9-14,22-23H2,1H3,(H,25,29)/t15?,18-,19?/m0/s1. The van der Waals surface area contributed by atoms with Crippen molar-refractivity contribution >= 4 is 23.2 Å². The number of benzene rings is 1. The molecule has 0 aromatic heterocycles. The second-order valence-electron chi connectivity index (χ2n) is 8.03. The first-order valence-corrected chi connectivity index (χ1v) is 10.9. The molecule has 0 bridgehead atoms. The third-order valence-corrected chi connectivity index (χ3v) is 5.54. The highest BCUT2D eigenvalue weighted by Crippen LogP contribution is 2.24. The van der Waals surface area contributed by atoms with Crippen molar-refractivity contribution in [2.45, 2.75) is 57.7 Å². The van der Waals surface area contributed by atoms with Crippen LogP contribution in [-0.4, -0.2) is 53.5 Å². The Morgan fingerprint density at radius 3 is 2.55 bits per heavy atom. The van der Waals surface area contributed by atoms with Crippen LogP contribution in [0.25, 0.3) is 0 Å². The lowest BCUT2D eigenvalue weighted by atomic mass is 9.95. The lowest BCUT2D eigenvalue weighted by molar-refractivity contribution is -0.384. The molecule has 0 saturated carbocycles. The van der Waals surface area contributed by atoms with Gasteiger partial charge in [-0.25, -0.2) is 0 Å². The van der Waals surface area contributed by atoms with E-state index in [2.05, 4.69) is 17.6 Å². The third-order valence-electron chi connectivity index (χ3n) is 5.54. The van der Waals surface area contributed by atoms with Gasteiger partial charge >= 0.3 is 0 Å². The average molecular weight is 435 g/mol. The molecule has 1 aromatic rings. The number of anilines is 1. The average Bonchev–Trinajstić information content (AvgIpc) is 2.73. The molecule has 0 spiro atoms. The summed E-state index contributed by atoms with van der Waals surface area (Å²) in [5, 5.41) is 17.1. The van der Waals surface area contributed by atoms with Crippen LogP contribution in [-0.2, 0) is 9.59 Å². The Morgan fingerprint density at radius 2 is 1.97 bits per heavy atom. The molecule has 1 aromatic carbocycles. The van der Waals surface area contributed by atoms with E-state index in [1.54, 1.807) is 4.90 Å². The van der Waals surface area contributed by atoms with Gasteiger partial charge in [0.05, 0.1) is 11.1 Å². The van der Waals surface area contributed by atoms with Gasteiger partial charge in [-0.3, -0.25) is 25.0 Å².